The van der Waals surface area contributed by atoms with Gasteiger partial charge >= 0.3 is 12.1 Å². The summed E-state index contributed by atoms with van der Waals surface area (Å²) in [5.41, 5.74) is 1.58. The first-order valence-corrected chi connectivity index (χ1v) is 7.17. The number of aryl methyl sites for hydroxylation is 1. The molecule has 6 nitrogen and oxygen atoms in total. The van der Waals surface area contributed by atoms with Gasteiger partial charge in [-0.2, -0.15) is 18.2 Å². The van der Waals surface area contributed by atoms with Crippen LogP contribution in [0.5, 0.6) is 0 Å². The number of amides is 1. The maximum absolute atomic E-state index is 12.5. The molecule has 0 fully saturated rings. The molecule has 9 heteroatoms. The Morgan fingerprint density at radius 1 is 1.20 bits per heavy atom. The van der Waals surface area contributed by atoms with E-state index in [9.17, 15) is 18.0 Å². The molecule has 0 radical (unpaired) electrons. The van der Waals surface area contributed by atoms with Crippen molar-refractivity contribution in [1.29, 1.82) is 0 Å². The normalized spacial score (nSPS) is 11.5. The summed E-state index contributed by atoms with van der Waals surface area (Å²) in [6.45, 7) is 1.94. The van der Waals surface area contributed by atoms with Gasteiger partial charge in [-0.25, -0.2) is 0 Å². The van der Waals surface area contributed by atoms with Crippen molar-refractivity contribution < 1.29 is 26.9 Å². The van der Waals surface area contributed by atoms with Crippen LogP contribution in [-0.4, -0.2) is 16.0 Å². The van der Waals surface area contributed by atoms with Crippen molar-refractivity contribution in [3.8, 4) is 11.4 Å². The lowest BCUT2D eigenvalue weighted by Crippen LogP contribution is -2.22. The lowest BCUT2D eigenvalue weighted by Gasteiger charge is -2.05. The topological polar surface area (TPSA) is 81.2 Å². The lowest BCUT2D eigenvalue weighted by molar-refractivity contribution is -0.159. The van der Waals surface area contributed by atoms with Crippen molar-refractivity contribution in [2.24, 2.45) is 0 Å². The van der Waals surface area contributed by atoms with E-state index < -0.39 is 12.1 Å². The van der Waals surface area contributed by atoms with E-state index in [4.69, 9.17) is 4.42 Å². The summed E-state index contributed by atoms with van der Waals surface area (Å²) >= 11 is 0. The molecule has 0 bridgehead atoms. The standard InChI is InChI=1S/C16H12F3N3O3/c1-9-12(6-7-24-9)14(23)20-8-10-2-4-11(5-3-10)13-21-15(25-22-13)16(17,18)19/h2-7H,8H2,1H3,(H,20,23). The highest BCUT2D eigenvalue weighted by Crippen LogP contribution is 2.29. The van der Waals surface area contributed by atoms with Gasteiger partial charge in [-0.05, 0) is 18.6 Å². The second-order valence-corrected chi connectivity index (χ2v) is 5.19. The highest BCUT2D eigenvalue weighted by atomic mass is 19.4. The largest absolute Gasteiger partial charge is 0.471 e. The summed E-state index contributed by atoms with van der Waals surface area (Å²) in [6.07, 6.45) is -3.25. The van der Waals surface area contributed by atoms with E-state index in [1.54, 1.807) is 37.3 Å². The molecule has 3 rings (SSSR count). The number of rotatable bonds is 4. The number of alkyl halides is 3. The fraction of sp³-hybridized carbons (Fsp3) is 0.188. The summed E-state index contributed by atoms with van der Waals surface area (Å²) < 4.78 is 46.6. The highest BCUT2D eigenvalue weighted by Gasteiger charge is 2.38. The molecular weight excluding hydrogens is 339 g/mol. The Morgan fingerprint density at radius 2 is 1.92 bits per heavy atom. The van der Waals surface area contributed by atoms with Gasteiger partial charge in [0.05, 0.1) is 11.8 Å². The van der Waals surface area contributed by atoms with E-state index in [-0.39, 0.29) is 18.3 Å². The van der Waals surface area contributed by atoms with Crippen LogP contribution in [0.3, 0.4) is 0 Å². The van der Waals surface area contributed by atoms with Crippen LogP contribution in [0.1, 0.15) is 27.6 Å². The summed E-state index contributed by atoms with van der Waals surface area (Å²) in [6, 6.07) is 7.98. The second kappa shape index (κ2) is 6.42. The minimum Gasteiger partial charge on any atom is -0.469 e. The molecule has 0 saturated carbocycles. The molecule has 1 amide bonds. The highest BCUT2D eigenvalue weighted by molar-refractivity contribution is 5.94. The van der Waals surface area contributed by atoms with Crippen LogP contribution in [0.4, 0.5) is 13.2 Å². The van der Waals surface area contributed by atoms with Gasteiger partial charge in [0.25, 0.3) is 5.91 Å². The molecule has 0 spiro atoms. The van der Waals surface area contributed by atoms with Gasteiger partial charge in [0.15, 0.2) is 0 Å². The minimum absolute atomic E-state index is 0.156. The van der Waals surface area contributed by atoms with Crippen LogP contribution in [0.15, 0.2) is 45.5 Å². The average molecular weight is 351 g/mol. The number of hydrogen-bond acceptors (Lipinski definition) is 5. The number of benzene rings is 1. The third-order valence-corrected chi connectivity index (χ3v) is 3.44. The molecule has 1 N–H and O–H groups in total. The number of carbonyl (C=O) groups is 1. The molecule has 2 aromatic heterocycles. The van der Waals surface area contributed by atoms with Gasteiger partial charge < -0.3 is 14.3 Å². The second-order valence-electron chi connectivity index (χ2n) is 5.19. The smallest absolute Gasteiger partial charge is 0.469 e. The monoisotopic (exact) mass is 351 g/mol. The van der Waals surface area contributed by atoms with Gasteiger partial charge in [0.1, 0.15) is 5.76 Å². The first-order chi connectivity index (χ1) is 11.8. The van der Waals surface area contributed by atoms with Gasteiger partial charge in [-0.1, -0.05) is 29.4 Å². The summed E-state index contributed by atoms with van der Waals surface area (Å²) in [5, 5.41) is 6.04. The van der Waals surface area contributed by atoms with Crippen molar-refractivity contribution in [1.82, 2.24) is 15.5 Å². The Kier molecular flexibility index (Phi) is 4.30. The van der Waals surface area contributed by atoms with Crippen LogP contribution >= 0.6 is 0 Å². The number of nitrogens with one attached hydrogen (secondary N) is 1. The first kappa shape index (κ1) is 16.7. The van der Waals surface area contributed by atoms with Crippen LogP contribution in [-0.2, 0) is 12.7 Å². The fourth-order valence-electron chi connectivity index (χ4n) is 2.13. The molecule has 2 heterocycles. The van der Waals surface area contributed by atoms with Gasteiger partial charge in [-0.15, -0.1) is 0 Å². The summed E-state index contributed by atoms with van der Waals surface area (Å²) in [7, 11) is 0. The number of hydrogen-bond donors (Lipinski definition) is 1. The predicted octanol–water partition coefficient (Wildman–Crippen LogP) is 3.59. The van der Waals surface area contributed by atoms with Gasteiger partial charge in [0, 0.05) is 12.1 Å². The van der Waals surface area contributed by atoms with E-state index in [2.05, 4.69) is 20.0 Å². The molecule has 0 atom stereocenters. The molecular formula is C16H12F3N3O3. The number of nitrogens with zero attached hydrogens (tertiary/aromatic N) is 2. The maximum Gasteiger partial charge on any atom is 0.471 e. The van der Waals surface area contributed by atoms with Gasteiger partial charge in [0.2, 0.25) is 5.82 Å². The number of furan rings is 1. The van der Waals surface area contributed by atoms with E-state index in [0.29, 0.717) is 16.9 Å². The SMILES string of the molecule is Cc1occc1C(=O)NCc1ccc(-c2noc(C(F)(F)F)n2)cc1. The van der Waals surface area contributed by atoms with Crippen molar-refractivity contribution >= 4 is 5.91 Å². The Labute approximate surface area is 139 Å². The zero-order chi connectivity index (χ0) is 18.0. The Balaban J connectivity index is 1.65. The molecule has 0 aliphatic rings. The van der Waals surface area contributed by atoms with Crippen molar-refractivity contribution in [3.63, 3.8) is 0 Å². The van der Waals surface area contributed by atoms with Crippen molar-refractivity contribution in [3.05, 3.63) is 59.4 Å². The molecule has 130 valence electrons. The molecule has 1 aromatic carbocycles. The van der Waals surface area contributed by atoms with E-state index in [1.807, 2.05) is 0 Å². The maximum atomic E-state index is 12.5. The van der Waals surface area contributed by atoms with Crippen LogP contribution in [0.25, 0.3) is 11.4 Å². The van der Waals surface area contributed by atoms with Crippen LogP contribution < -0.4 is 5.32 Å². The molecule has 0 aliphatic heterocycles. The van der Waals surface area contributed by atoms with Crippen molar-refractivity contribution in [2.75, 3.05) is 0 Å². The summed E-state index contributed by atoms with van der Waals surface area (Å²) in [5.74, 6) is -1.31. The average Bonchev–Trinajstić information content (AvgIpc) is 3.22. The predicted molar refractivity (Wildman–Crippen MR) is 79.4 cm³/mol. The third kappa shape index (κ3) is 3.70. The van der Waals surface area contributed by atoms with Crippen LogP contribution in [0.2, 0.25) is 0 Å². The number of carbonyl (C=O) groups excluding carboxylic acids is 1. The Bertz CT molecular complexity index is 882. The van der Waals surface area contributed by atoms with E-state index in [0.717, 1.165) is 5.56 Å². The molecule has 3 aromatic rings. The number of aromatic nitrogens is 2. The molecule has 0 saturated heterocycles. The van der Waals surface area contributed by atoms with E-state index >= 15 is 0 Å². The van der Waals surface area contributed by atoms with Crippen LogP contribution in [0, 0.1) is 6.92 Å². The zero-order valence-corrected chi connectivity index (χ0v) is 12.9. The third-order valence-electron chi connectivity index (χ3n) is 3.44. The zero-order valence-electron chi connectivity index (χ0n) is 12.9. The quantitative estimate of drug-likeness (QED) is 0.777. The molecule has 0 aliphatic carbocycles. The minimum atomic E-state index is -4.68. The molecule has 0 unspecified atom stereocenters. The first-order valence-electron chi connectivity index (χ1n) is 7.17. The van der Waals surface area contributed by atoms with E-state index in [1.165, 1.54) is 6.26 Å². The van der Waals surface area contributed by atoms with Crippen molar-refractivity contribution in [2.45, 2.75) is 19.6 Å². The molecule has 25 heavy (non-hydrogen) atoms. The Hall–Kier alpha value is -3.10. The summed E-state index contributed by atoms with van der Waals surface area (Å²) in [4.78, 5) is 15.3. The fourth-order valence-corrected chi connectivity index (χ4v) is 2.13. The van der Waals surface area contributed by atoms with Gasteiger partial charge in [-0.3, -0.25) is 4.79 Å². The number of halogens is 3. The lowest BCUT2D eigenvalue weighted by atomic mass is 10.1. The Morgan fingerprint density at radius 3 is 2.48 bits per heavy atom.